The van der Waals surface area contributed by atoms with Gasteiger partial charge in [0.25, 0.3) is 0 Å². The van der Waals surface area contributed by atoms with Crippen LogP contribution in [0.1, 0.15) is 28.4 Å². The Morgan fingerprint density at radius 2 is 1.81 bits per heavy atom. The van der Waals surface area contributed by atoms with Crippen LogP contribution in [0.2, 0.25) is 0 Å². The molecule has 4 heteroatoms. The van der Waals surface area contributed by atoms with Crippen molar-refractivity contribution in [1.29, 1.82) is 0 Å². The summed E-state index contributed by atoms with van der Waals surface area (Å²) in [6.45, 7) is 5.52. The van der Waals surface area contributed by atoms with E-state index in [-0.39, 0.29) is 11.3 Å². The number of aromatic carboxylic acids is 1. The van der Waals surface area contributed by atoms with Gasteiger partial charge >= 0.3 is 5.97 Å². The number of carbonyl (C=O) groups is 1. The number of aryl methyl sites for hydroxylation is 1. The number of hydrogen-bond donors (Lipinski definition) is 2. The molecule has 21 heavy (non-hydrogen) atoms. The van der Waals surface area contributed by atoms with Crippen LogP contribution in [0, 0.1) is 6.92 Å². The van der Waals surface area contributed by atoms with Gasteiger partial charge in [0, 0.05) is 24.8 Å². The van der Waals surface area contributed by atoms with Crippen molar-refractivity contribution in [3.8, 4) is 5.75 Å². The van der Waals surface area contributed by atoms with E-state index < -0.39 is 5.97 Å². The standard InChI is InChI=1S/C17H19NO3/c1-3-18(16-10-15(19)9-4-12(16)2)11-13-5-7-14(8-6-13)17(20)21/h4-10,19H,3,11H2,1-2H3,(H,20,21). The van der Waals surface area contributed by atoms with E-state index in [9.17, 15) is 9.90 Å². The van der Waals surface area contributed by atoms with E-state index in [0.29, 0.717) is 6.54 Å². The van der Waals surface area contributed by atoms with Gasteiger partial charge in [-0.1, -0.05) is 18.2 Å². The molecule has 0 bridgehead atoms. The molecule has 0 amide bonds. The first-order valence-electron chi connectivity index (χ1n) is 6.88. The third kappa shape index (κ3) is 3.54. The van der Waals surface area contributed by atoms with Gasteiger partial charge < -0.3 is 15.1 Å². The Bertz CT molecular complexity index is 635. The van der Waals surface area contributed by atoms with Gasteiger partial charge in [0.1, 0.15) is 5.75 Å². The lowest BCUT2D eigenvalue weighted by Gasteiger charge is -2.25. The topological polar surface area (TPSA) is 60.8 Å². The molecule has 0 aliphatic heterocycles. The molecule has 0 fully saturated rings. The first-order valence-corrected chi connectivity index (χ1v) is 6.88. The predicted molar refractivity (Wildman–Crippen MR) is 83.0 cm³/mol. The Kier molecular flexibility index (Phi) is 4.48. The Morgan fingerprint density at radius 1 is 1.14 bits per heavy atom. The number of hydrogen-bond acceptors (Lipinski definition) is 3. The SMILES string of the molecule is CCN(Cc1ccc(C(=O)O)cc1)c1cc(O)ccc1C. The molecular formula is C17H19NO3. The molecule has 2 aromatic rings. The van der Waals surface area contributed by atoms with E-state index in [1.807, 2.05) is 25.1 Å². The van der Waals surface area contributed by atoms with E-state index in [1.54, 1.807) is 24.3 Å². The third-order valence-corrected chi connectivity index (χ3v) is 3.49. The van der Waals surface area contributed by atoms with Crippen LogP contribution >= 0.6 is 0 Å². The van der Waals surface area contributed by atoms with Crippen LogP contribution in [0.3, 0.4) is 0 Å². The third-order valence-electron chi connectivity index (χ3n) is 3.49. The Hall–Kier alpha value is -2.49. The maximum atomic E-state index is 10.9. The highest BCUT2D eigenvalue weighted by Gasteiger charge is 2.10. The van der Waals surface area contributed by atoms with E-state index in [0.717, 1.165) is 23.4 Å². The summed E-state index contributed by atoms with van der Waals surface area (Å²) >= 11 is 0. The van der Waals surface area contributed by atoms with Gasteiger partial charge in [0.2, 0.25) is 0 Å². The zero-order valence-electron chi connectivity index (χ0n) is 12.2. The Labute approximate surface area is 124 Å². The second-order valence-corrected chi connectivity index (χ2v) is 4.99. The highest BCUT2D eigenvalue weighted by Crippen LogP contribution is 2.26. The monoisotopic (exact) mass is 285 g/mol. The predicted octanol–water partition coefficient (Wildman–Crippen LogP) is 3.43. The van der Waals surface area contributed by atoms with Crippen molar-refractivity contribution in [3.05, 3.63) is 59.2 Å². The molecule has 110 valence electrons. The summed E-state index contributed by atoms with van der Waals surface area (Å²) in [5, 5.41) is 18.6. The average molecular weight is 285 g/mol. The largest absolute Gasteiger partial charge is 0.508 e. The van der Waals surface area contributed by atoms with Crippen LogP contribution < -0.4 is 4.90 Å². The number of nitrogens with zero attached hydrogens (tertiary/aromatic N) is 1. The van der Waals surface area contributed by atoms with Crippen LogP contribution in [0.4, 0.5) is 5.69 Å². The lowest BCUT2D eigenvalue weighted by atomic mass is 10.1. The normalized spacial score (nSPS) is 10.4. The lowest BCUT2D eigenvalue weighted by Crippen LogP contribution is -2.22. The van der Waals surface area contributed by atoms with Crippen molar-refractivity contribution in [2.24, 2.45) is 0 Å². The quantitative estimate of drug-likeness (QED) is 0.883. The van der Waals surface area contributed by atoms with Crippen molar-refractivity contribution in [1.82, 2.24) is 0 Å². The molecule has 0 heterocycles. The molecule has 2 aromatic carbocycles. The summed E-state index contributed by atoms with van der Waals surface area (Å²) in [4.78, 5) is 13.0. The number of carboxylic acid groups (broad SMARTS) is 1. The lowest BCUT2D eigenvalue weighted by molar-refractivity contribution is 0.0697. The molecular weight excluding hydrogens is 266 g/mol. The van der Waals surface area contributed by atoms with Crippen LogP contribution in [0.5, 0.6) is 5.75 Å². The van der Waals surface area contributed by atoms with Gasteiger partial charge in [-0.15, -0.1) is 0 Å². The van der Waals surface area contributed by atoms with Crippen LogP contribution in [0.25, 0.3) is 0 Å². The zero-order valence-corrected chi connectivity index (χ0v) is 12.2. The number of phenolic OH excluding ortho intramolecular Hbond substituents is 1. The highest BCUT2D eigenvalue weighted by atomic mass is 16.4. The molecule has 0 aromatic heterocycles. The van der Waals surface area contributed by atoms with Crippen molar-refractivity contribution >= 4 is 11.7 Å². The second kappa shape index (κ2) is 6.31. The second-order valence-electron chi connectivity index (χ2n) is 4.99. The van der Waals surface area contributed by atoms with Crippen molar-refractivity contribution in [3.63, 3.8) is 0 Å². The first kappa shape index (κ1) is 14.9. The molecule has 0 saturated heterocycles. The van der Waals surface area contributed by atoms with Gasteiger partial charge in [-0.3, -0.25) is 0 Å². The number of carboxylic acids is 1. The fourth-order valence-corrected chi connectivity index (χ4v) is 2.28. The number of aromatic hydroxyl groups is 1. The molecule has 2 N–H and O–H groups in total. The fraction of sp³-hybridized carbons (Fsp3) is 0.235. The Balaban J connectivity index is 2.22. The number of anilines is 1. The van der Waals surface area contributed by atoms with E-state index in [2.05, 4.69) is 11.8 Å². The summed E-state index contributed by atoms with van der Waals surface area (Å²) in [5.41, 5.74) is 3.40. The number of benzene rings is 2. The summed E-state index contributed by atoms with van der Waals surface area (Å²) in [6, 6.07) is 12.2. The molecule has 0 atom stereocenters. The van der Waals surface area contributed by atoms with Gasteiger partial charge in [0.05, 0.1) is 5.56 Å². The van der Waals surface area contributed by atoms with E-state index in [1.165, 1.54) is 0 Å². The molecule has 2 rings (SSSR count). The average Bonchev–Trinajstić information content (AvgIpc) is 2.48. The minimum Gasteiger partial charge on any atom is -0.508 e. The van der Waals surface area contributed by atoms with Crippen molar-refractivity contribution in [2.75, 3.05) is 11.4 Å². The van der Waals surface area contributed by atoms with Crippen molar-refractivity contribution in [2.45, 2.75) is 20.4 Å². The Morgan fingerprint density at radius 3 is 2.38 bits per heavy atom. The van der Waals surface area contributed by atoms with Gasteiger partial charge in [-0.05, 0) is 43.2 Å². The molecule has 0 aliphatic rings. The first-order chi connectivity index (χ1) is 10.0. The minimum atomic E-state index is -0.919. The van der Waals surface area contributed by atoms with Crippen molar-refractivity contribution < 1.29 is 15.0 Å². The maximum Gasteiger partial charge on any atom is 0.335 e. The van der Waals surface area contributed by atoms with E-state index in [4.69, 9.17) is 5.11 Å². The van der Waals surface area contributed by atoms with Crippen LogP contribution in [0.15, 0.2) is 42.5 Å². The van der Waals surface area contributed by atoms with Gasteiger partial charge in [-0.2, -0.15) is 0 Å². The summed E-state index contributed by atoms with van der Waals surface area (Å²) in [5.74, 6) is -0.673. The number of rotatable bonds is 5. The summed E-state index contributed by atoms with van der Waals surface area (Å²) in [6.07, 6.45) is 0. The van der Waals surface area contributed by atoms with Crippen LogP contribution in [-0.2, 0) is 6.54 Å². The summed E-state index contributed by atoms with van der Waals surface area (Å²) < 4.78 is 0. The molecule has 0 aliphatic carbocycles. The molecule has 0 unspecified atom stereocenters. The van der Waals surface area contributed by atoms with Gasteiger partial charge in [-0.25, -0.2) is 4.79 Å². The number of phenols is 1. The molecule has 0 saturated carbocycles. The fourth-order valence-electron chi connectivity index (χ4n) is 2.28. The molecule has 0 radical (unpaired) electrons. The van der Waals surface area contributed by atoms with Crippen LogP contribution in [-0.4, -0.2) is 22.7 Å². The van der Waals surface area contributed by atoms with Gasteiger partial charge in [0.15, 0.2) is 0 Å². The minimum absolute atomic E-state index is 0.246. The zero-order chi connectivity index (χ0) is 15.4. The molecule has 4 nitrogen and oxygen atoms in total. The maximum absolute atomic E-state index is 10.9. The smallest absolute Gasteiger partial charge is 0.335 e. The summed E-state index contributed by atoms with van der Waals surface area (Å²) in [7, 11) is 0. The molecule has 0 spiro atoms. The highest BCUT2D eigenvalue weighted by molar-refractivity contribution is 5.87. The van der Waals surface area contributed by atoms with E-state index >= 15 is 0 Å².